The Kier molecular flexibility index (Phi) is 3.24. The molecule has 2 heterocycles. The van der Waals surface area contributed by atoms with E-state index in [1.54, 1.807) is 24.5 Å². The van der Waals surface area contributed by atoms with Gasteiger partial charge in [-0.2, -0.15) is 0 Å². The van der Waals surface area contributed by atoms with Gasteiger partial charge in [0.25, 0.3) is 0 Å². The maximum Gasteiger partial charge on any atom is 0.336 e. The lowest BCUT2D eigenvalue weighted by Gasteiger charge is -2.19. The van der Waals surface area contributed by atoms with Crippen LogP contribution in [0.3, 0.4) is 0 Å². The number of carboxylic acid groups (broad SMARTS) is 1. The minimum absolute atomic E-state index is 0.0519. The number of benzene rings is 1. The van der Waals surface area contributed by atoms with Crippen molar-refractivity contribution in [3.8, 4) is 11.5 Å². The molecule has 0 bridgehead atoms. The van der Waals surface area contributed by atoms with E-state index in [0.29, 0.717) is 22.4 Å². The van der Waals surface area contributed by atoms with Gasteiger partial charge in [0.05, 0.1) is 17.3 Å². The molecule has 4 heteroatoms. The summed E-state index contributed by atoms with van der Waals surface area (Å²) in [6.07, 6.45) is 1.55. The van der Waals surface area contributed by atoms with Gasteiger partial charge in [0.15, 0.2) is 5.76 Å². The van der Waals surface area contributed by atoms with Gasteiger partial charge in [-0.1, -0.05) is 26.8 Å². The molecular weight excluding hydrogens is 278 g/mol. The van der Waals surface area contributed by atoms with Crippen LogP contribution in [0.2, 0.25) is 0 Å². The summed E-state index contributed by atoms with van der Waals surface area (Å²) in [6.45, 7) is 6.29. The van der Waals surface area contributed by atoms with Gasteiger partial charge in [-0.25, -0.2) is 9.78 Å². The average molecular weight is 295 g/mol. The number of aromatic nitrogens is 1. The third-order valence-electron chi connectivity index (χ3n) is 3.68. The Hall–Kier alpha value is -2.62. The molecule has 0 aliphatic rings. The predicted molar refractivity (Wildman–Crippen MR) is 85.1 cm³/mol. The van der Waals surface area contributed by atoms with Gasteiger partial charge in [-0.3, -0.25) is 0 Å². The standard InChI is InChI=1S/C18H17NO3/c1-18(2,3)11-6-7-14-12(9-11)13(17(20)21)10-15(19-14)16-5-4-8-22-16/h4-10H,1-3H3,(H,20,21). The lowest BCUT2D eigenvalue weighted by atomic mass is 9.86. The topological polar surface area (TPSA) is 63.3 Å². The fraction of sp³-hybridized carbons (Fsp3) is 0.222. The normalized spacial score (nSPS) is 11.8. The van der Waals surface area contributed by atoms with Gasteiger partial charge in [0.1, 0.15) is 5.69 Å². The Labute approximate surface area is 128 Å². The number of nitrogens with zero attached hydrogens (tertiary/aromatic N) is 1. The molecule has 0 radical (unpaired) electrons. The molecular formula is C18H17NO3. The number of carboxylic acids is 1. The van der Waals surface area contributed by atoms with Gasteiger partial charge in [0, 0.05) is 5.39 Å². The number of rotatable bonds is 2. The number of hydrogen-bond acceptors (Lipinski definition) is 3. The first kappa shape index (κ1) is 14.3. The number of pyridine rings is 1. The van der Waals surface area contributed by atoms with E-state index >= 15 is 0 Å². The van der Waals surface area contributed by atoms with Gasteiger partial charge < -0.3 is 9.52 Å². The maximum absolute atomic E-state index is 11.6. The molecule has 3 aromatic rings. The second-order valence-corrected chi connectivity index (χ2v) is 6.32. The molecule has 4 nitrogen and oxygen atoms in total. The quantitative estimate of drug-likeness (QED) is 0.756. The average Bonchev–Trinajstić information content (AvgIpc) is 2.98. The van der Waals surface area contributed by atoms with Gasteiger partial charge in [-0.15, -0.1) is 0 Å². The SMILES string of the molecule is CC(C)(C)c1ccc2nc(-c3ccco3)cc(C(=O)O)c2c1. The van der Waals surface area contributed by atoms with Crippen LogP contribution in [0.4, 0.5) is 0 Å². The fourth-order valence-electron chi connectivity index (χ4n) is 2.42. The molecule has 3 rings (SSSR count). The number of aromatic carboxylic acids is 1. The second-order valence-electron chi connectivity index (χ2n) is 6.32. The molecule has 0 unspecified atom stereocenters. The molecule has 0 atom stereocenters. The van der Waals surface area contributed by atoms with E-state index < -0.39 is 5.97 Å². The van der Waals surface area contributed by atoms with Crippen LogP contribution in [-0.4, -0.2) is 16.1 Å². The summed E-state index contributed by atoms with van der Waals surface area (Å²) in [6, 6.07) is 10.9. The van der Waals surface area contributed by atoms with Crippen LogP contribution in [0.1, 0.15) is 36.7 Å². The number of furan rings is 1. The zero-order valence-corrected chi connectivity index (χ0v) is 12.8. The first-order valence-electron chi connectivity index (χ1n) is 7.09. The summed E-state index contributed by atoms with van der Waals surface area (Å²) in [5.74, 6) is -0.407. The van der Waals surface area contributed by atoms with Crippen LogP contribution < -0.4 is 0 Å². The van der Waals surface area contributed by atoms with Gasteiger partial charge in [-0.05, 0) is 41.3 Å². The van der Waals surface area contributed by atoms with Crippen molar-refractivity contribution in [2.24, 2.45) is 0 Å². The molecule has 1 aromatic carbocycles. The van der Waals surface area contributed by atoms with Crippen molar-refractivity contribution in [1.82, 2.24) is 4.98 Å². The van der Waals surface area contributed by atoms with E-state index in [4.69, 9.17) is 4.42 Å². The van der Waals surface area contributed by atoms with Crippen molar-refractivity contribution in [2.75, 3.05) is 0 Å². The van der Waals surface area contributed by atoms with Crippen LogP contribution in [0.25, 0.3) is 22.4 Å². The zero-order valence-electron chi connectivity index (χ0n) is 12.8. The molecule has 0 saturated carbocycles. The van der Waals surface area contributed by atoms with Crippen LogP contribution in [0.5, 0.6) is 0 Å². The third-order valence-corrected chi connectivity index (χ3v) is 3.68. The van der Waals surface area contributed by atoms with Crippen LogP contribution in [0.15, 0.2) is 47.1 Å². The summed E-state index contributed by atoms with van der Waals surface area (Å²) >= 11 is 0. The Morgan fingerprint density at radius 3 is 2.55 bits per heavy atom. The van der Waals surface area contributed by atoms with Crippen molar-refractivity contribution in [3.63, 3.8) is 0 Å². The van der Waals surface area contributed by atoms with Crippen molar-refractivity contribution in [1.29, 1.82) is 0 Å². The molecule has 0 amide bonds. The summed E-state index contributed by atoms with van der Waals surface area (Å²) in [7, 11) is 0. The van der Waals surface area contributed by atoms with E-state index in [-0.39, 0.29) is 11.0 Å². The van der Waals surface area contributed by atoms with Crippen molar-refractivity contribution in [2.45, 2.75) is 26.2 Å². The lowest BCUT2D eigenvalue weighted by Crippen LogP contribution is -2.11. The highest BCUT2D eigenvalue weighted by Crippen LogP contribution is 2.30. The summed E-state index contributed by atoms with van der Waals surface area (Å²) < 4.78 is 5.33. The highest BCUT2D eigenvalue weighted by Gasteiger charge is 2.18. The van der Waals surface area contributed by atoms with E-state index in [1.807, 2.05) is 18.2 Å². The summed E-state index contributed by atoms with van der Waals surface area (Å²) in [4.78, 5) is 16.2. The zero-order chi connectivity index (χ0) is 15.9. The monoisotopic (exact) mass is 295 g/mol. The molecule has 112 valence electrons. The first-order chi connectivity index (χ1) is 10.4. The minimum Gasteiger partial charge on any atom is -0.478 e. The predicted octanol–water partition coefficient (Wildman–Crippen LogP) is 4.49. The molecule has 0 spiro atoms. The van der Waals surface area contributed by atoms with Crippen molar-refractivity contribution in [3.05, 3.63) is 53.8 Å². The number of carbonyl (C=O) groups is 1. The summed E-state index contributed by atoms with van der Waals surface area (Å²) in [5, 5.41) is 10.2. The van der Waals surface area contributed by atoms with Gasteiger partial charge >= 0.3 is 5.97 Å². The highest BCUT2D eigenvalue weighted by atomic mass is 16.4. The molecule has 1 N–H and O–H groups in total. The highest BCUT2D eigenvalue weighted by molar-refractivity contribution is 6.03. The van der Waals surface area contributed by atoms with Crippen LogP contribution in [0, 0.1) is 0 Å². The number of hydrogen-bond donors (Lipinski definition) is 1. The van der Waals surface area contributed by atoms with Crippen molar-refractivity contribution < 1.29 is 14.3 Å². The van der Waals surface area contributed by atoms with E-state index in [9.17, 15) is 9.90 Å². The van der Waals surface area contributed by atoms with E-state index in [0.717, 1.165) is 5.56 Å². The van der Waals surface area contributed by atoms with Crippen LogP contribution >= 0.6 is 0 Å². The molecule has 0 fully saturated rings. The second kappa shape index (κ2) is 4.98. The molecule has 0 saturated heterocycles. The molecule has 22 heavy (non-hydrogen) atoms. The van der Waals surface area contributed by atoms with E-state index in [2.05, 4.69) is 25.8 Å². The summed E-state index contributed by atoms with van der Waals surface area (Å²) in [5.41, 5.74) is 2.44. The Balaban J connectivity index is 2.29. The maximum atomic E-state index is 11.6. The Bertz CT molecular complexity index is 843. The number of fused-ring (bicyclic) bond motifs is 1. The largest absolute Gasteiger partial charge is 0.478 e. The minimum atomic E-state index is -0.966. The Morgan fingerprint density at radius 2 is 1.95 bits per heavy atom. The molecule has 2 aromatic heterocycles. The van der Waals surface area contributed by atoms with E-state index in [1.165, 1.54) is 0 Å². The smallest absolute Gasteiger partial charge is 0.336 e. The van der Waals surface area contributed by atoms with Crippen LogP contribution in [-0.2, 0) is 5.41 Å². The lowest BCUT2D eigenvalue weighted by molar-refractivity contribution is 0.0699. The first-order valence-corrected chi connectivity index (χ1v) is 7.09. The molecule has 0 aliphatic heterocycles. The Morgan fingerprint density at radius 1 is 1.18 bits per heavy atom. The van der Waals surface area contributed by atoms with Crippen molar-refractivity contribution >= 4 is 16.9 Å². The van der Waals surface area contributed by atoms with Gasteiger partial charge in [0.2, 0.25) is 0 Å². The third kappa shape index (κ3) is 2.48. The molecule has 0 aliphatic carbocycles. The fourth-order valence-corrected chi connectivity index (χ4v) is 2.42.